The van der Waals surface area contributed by atoms with Crippen molar-refractivity contribution in [3.63, 3.8) is 0 Å². The molecule has 1 heterocycles. The molecule has 2 atom stereocenters. The molecule has 1 aliphatic rings. The van der Waals surface area contributed by atoms with Gasteiger partial charge in [0.05, 0.1) is 18.1 Å². The van der Waals surface area contributed by atoms with Gasteiger partial charge in [-0.15, -0.1) is 0 Å². The first kappa shape index (κ1) is 32.0. The van der Waals surface area contributed by atoms with Crippen molar-refractivity contribution in [2.24, 2.45) is 5.92 Å². The highest BCUT2D eigenvalue weighted by atomic mass is 16.5. The van der Waals surface area contributed by atoms with E-state index < -0.39 is 17.6 Å². The van der Waals surface area contributed by atoms with E-state index in [0.29, 0.717) is 55.5 Å². The Balaban J connectivity index is 1.33. The van der Waals surface area contributed by atoms with E-state index in [4.69, 9.17) is 23.7 Å². The summed E-state index contributed by atoms with van der Waals surface area (Å²) in [5.74, 6) is -0.150. The summed E-state index contributed by atoms with van der Waals surface area (Å²) >= 11 is 0. The van der Waals surface area contributed by atoms with E-state index >= 15 is 0 Å². The number of hydrogen-bond donors (Lipinski definition) is 2. The molecule has 0 aliphatic carbocycles. The van der Waals surface area contributed by atoms with Crippen LogP contribution in [0.4, 0.5) is 0 Å². The van der Waals surface area contributed by atoms with Crippen LogP contribution in [0.5, 0.6) is 11.5 Å². The second-order valence-electron chi connectivity index (χ2n) is 11.3. The minimum Gasteiger partial charge on any atom is -0.485 e. The van der Waals surface area contributed by atoms with Crippen LogP contribution in [0.15, 0.2) is 72.8 Å². The molecule has 9 nitrogen and oxygen atoms in total. The Morgan fingerprint density at radius 2 is 1.56 bits per heavy atom. The molecule has 2 unspecified atom stereocenters. The summed E-state index contributed by atoms with van der Waals surface area (Å²) in [6, 6.07) is 22.9. The number of aliphatic hydroxyl groups excluding tert-OH is 1. The third kappa shape index (κ3) is 10.1. The number of benzene rings is 3. The highest BCUT2D eigenvalue weighted by Crippen LogP contribution is 2.33. The molecule has 0 amide bonds. The predicted octanol–water partition coefficient (Wildman–Crippen LogP) is 4.62. The highest BCUT2D eigenvalue weighted by molar-refractivity contribution is 5.92. The minimum atomic E-state index is -0.968. The lowest BCUT2D eigenvalue weighted by Crippen LogP contribution is -2.48. The van der Waals surface area contributed by atoms with Gasteiger partial charge < -0.3 is 34.1 Å². The molecule has 3 aromatic carbocycles. The smallest absolute Gasteiger partial charge is 0.338 e. The molecule has 3 aromatic rings. The van der Waals surface area contributed by atoms with Gasteiger partial charge in [0.2, 0.25) is 0 Å². The fraction of sp³-hybridized carbons (Fsp3) is 0.412. The molecular formula is C34H41NO8. The van der Waals surface area contributed by atoms with Gasteiger partial charge in [-0.25, -0.2) is 4.79 Å². The van der Waals surface area contributed by atoms with Crippen LogP contribution in [0.2, 0.25) is 0 Å². The van der Waals surface area contributed by atoms with Crippen LogP contribution in [-0.2, 0) is 32.2 Å². The second-order valence-corrected chi connectivity index (χ2v) is 11.3. The second kappa shape index (κ2) is 15.5. The molecule has 0 bridgehead atoms. The molecule has 0 saturated carbocycles. The van der Waals surface area contributed by atoms with E-state index in [1.165, 1.54) is 0 Å². The lowest BCUT2D eigenvalue weighted by atomic mass is 10.1. The van der Waals surface area contributed by atoms with E-state index in [-0.39, 0.29) is 31.6 Å². The van der Waals surface area contributed by atoms with Crippen LogP contribution >= 0.6 is 0 Å². The average Bonchev–Trinajstić information content (AvgIpc) is 3.56. The largest absolute Gasteiger partial charge is 0.485 e. The monoisotopic (exact) mass is 591 g/mol. The first-order valence-electron chi connectivity index (χ1n) is 14.5. The first-order chi connectivity index (χ1) is 20.7. The topological polar surface area (TPSA) is 113 Å². The molecule has 1 aliphatic heterocycles. The molecule has 9 heteroatoms. The van der Waals surface area contributed by atoms with Crippen LogP contribution in [0.25, 0.3) is 0 Å². The number of ether oxygens (including phenoxy) is 5. The van der Waals surface area contributed by atoms with Crippen molar-refractivity contribution in [1.29, 1.82) is 0 Å². The van der Waals surface area contributed by atoms with Crippen molar-refractivity contribution in [3.8, 4) is 11.5 Å². The number of nitrogens with one attached hydrogen (secondary N) is 1. The molecule has 1 fully saturated rings. The summed E-state index contributed by atoms with van der Waals surface area (Å²) in [4.78, 5) is 25.2. The van der Waals surface area contributed by atoms with Gasteiger partial charge in [0, 0.05) is 18.7 Å². The fourth-order valence-electron chi connectivity index (χ4n) is 4.42. The summed E-state index contributed by atoms with van der Waals surface area (Å²) in [5.41, 5.74) is 2.37. The predicted molar refractivity (Wildman–Crippen MR) is 161 cm³/mol. The molecule has 230 valence electrons. The molecule has 0 radical (unpaired) electrons. The van der Waals surface area contributed by atoms with Gasteiger partial charge in [0.25, 0.3) is 0 Å². The molecular weight excluding hydrogens is 550 g/mol. The number of aliphatic hydroxyl groups is 1. The zero-order valence-corrected chi connectivity index (χ0v) is 25.0. The standard InChI is InChI=1S/C34H41NO8/c1-24-16-30(40-19-25-10-6-4-7-11-25)31(41-20-26-12-8-5-9-13-26)17-29(24)33(38)42-22-28(36)18-35-34(2,3)23-43-32(37)27-14-15-39-21-27/h4-13,16-17,27-28,35-36H,14-15,18-23H2,1-3H3. The zero-order chi connectivity index (χ0) is 30.7. The Morgan fingerprint density at radius 1 is 0.953 bits per heavy atom. The number of aryl methyl sites for hydroxylation is 1. The maximum atomic E-state index is 13.1. The highest BCUT2D eigenvalue weighted by Gasteiger charge is 2.28. The fourth-order valence-corrected chi connectivity index (χ4v) is 4.42. The average molecular weight is 592 g/mol. The zero-order valence-electron chi connectivity index (χ0n) is 25.0. The van der Waals surface area contributed by atoms with Crippen molar-refractivity contribution in [2.75, 3.05) is 33.0 Å². The Hall–Kier alpha value is -3.92. The Morgan fingerprint density at radius 3 is 2.14 bits per heavy atom. The van der Waals surface area contributed by atoms with E-state index in [9.17, 15) is 14.7 Å². The number of hydrogen-bond acceptors (Lipinski definition) is 9. The summed E-state index contributed by atoms with van der Waals surface area (Å²) in [7, 11) is 0. The summed E-state index contributed by atoms with van der Waals surface area (Å²) < 4.78 is 28.3. The van der Waals surface area contributed by atoms with Crippen LogP contribution in [-0.4, -0.2) is 61.7 Å². The third-order valence-electron chi connectivity index (χ3n) is 7.05. The van der Waals surface area contributed by atoms with E-state index in [0.717, 1.165) is 11.1 Å². The number of rotatable bonds is 15. The SMILES string of the molecule is Cc1cc(OCc2ccccc2)c(OCc2ccccc2)cc1C(=O)OCC(O)CNC(C)(C)COC(=O)C1CCOC1. The number of carbonyl (C=O) groups is 2. The van der Waals surface area contributed by atoms with Gasteiger partial charge in [0.1, 0.15) is 32.5 Å². The maximum Gasteiger partial charge on any atom is 0.338 e. The molecule has 1 saturated heterocycles. The number of β-amino-alcohol motifs (C(OH)–C–C–N with tert-alkyl or cyclic N) is 1. The molecule has 2 N–H and O–H groups in total. The Bertz CT molecular complexity index is 1320. The van der Waals surface area contributed by atoms with Crippen molar-refractivity contribution >= 4 is 11.9 Å². The summed E-state index contributed by atoms with van der Waals surface area (Å²) in [6.45, 7) is 7.19. The van der Waals surface area contributed by atoms with Gasteiger partial charge in [0.15, 0.2) is 11.5 Å². The first-order valence-corrected chi connectivity index (χ1v) is 14.5. The van der Waals surface area contributed by atoms with Crippen molar-refractivity contribution in [1.82, 2.24) is 5.32 Å². The molecule has 0 spiro atoms. The number of esters is 2. The lowest BCUT2D eigenvalue weighted by Gasteiger charge is -2.27. The summed E-state index contributed by atoms with van der Waals surface area (Å²) in [6.07, 6.45) is -0.301. The molecule has 0 aromatic heterocycles. The van der Waals surface area contributed by atoms with Gasteiger partial charge in [-0.05, 0) is 56.0 Å². The van der Waals surface area contributed by atoms with Crippen LogP contribution in [0.1, 0.15) is 47.3 Å². The van der Waals surface area contributed by atoms with Crippen molar-refractivity contribution in [3.05, 3.63) is 95.1 Å². The molecule has 4 rings (SSSR count). The van der Waals surface area contributed by atoms with Crippen molar-refractivity contribution in [2.45, 2.75) is 52.0 Å². The van der Waals surface area contributed by atoms with E-state index in [2.05, 4.69) is 5.32 Å². The quantitative estimate of drug-likeness (QED) is 0.245. The summed E-state index contributed by atoms with van der Waals surface area (Å²) in [5, 5.41) is 13.7. The number of carbonyl (C=O) groups excluding carboxylic acids is 2. The maximum absolute atomic E-state index is 13.1. The van der Waals surface area contributed by atoms with Crippen LogP contribution in [0.3, 0.4) is 0 Å². The van der Waals surface area contributed by atoms with Gasteiger partial charge in [-0.3, -0.25) is 4.79 Å². The van der Waals surface area contributed by atoms with E-state index in [1.807, 2.05) is 74.5 Å². The van der Waals surface area contributed by atoms with Crippen LogP contribution < -0.4 is 14.8 Å². The van der Waals surface area contributed by atoms with Gasteiger partial charge >= 0.3 is 11.9 Å². The minimum absolute atomic E-state index is 0.137. The van der Waals surface area contributed by atoms with E-state index in [1.54, 1.807) is 19.1 Å². The van der Waals surface area contributed by atoms with Gasteiger partial charge in [-0.1, -0.05) is 60.7 Å². The Kier molecular flexibility index (Phi) is 11.6. The van der Waals surface area contributed by atoms with Crippen molar-refractivity contribution < 1.29 is 38.4 Å². The normalized spacial score (nSPS) is 15.5. The molecule has 43 heavy (non-hydrogen) atoms. The lowest BCUT2D eigenvalue weighted by molar-refractivity contribution is -0.150. The third-order valence-corrected chi connectivity index (χ3v) is 7.05. The van der Waals surface area contributed by atoms with Gasteiger partial charge in [-0.2, -0.15) is 0 Å². The van der Waals surface area contributed by atoms with Crippen LogP contribution in [0, 0.1) is 12.8 Å². The Labute approximate surface area is 253 Å².